The molecule has 1 atom stereocenters. The van der Waals surface area contributed by atoms with Crippen LogP contribution < -0.4 is 0 Å². The first-order chi connectivity index (χ1) is 10.0. The van der Waals surface area contributed by atoms with E-state index >= 15 is 0 Å². The average Bonchev–Trinajstić information content (AvgIpc) is 2.85. The summed E-state index contributed by atoms with van der Waals surface area (Å²) in [7, 11) is 2.05. The molecule has 21 heavy (non-hydrogen) atoms. The molecule has 3 rings (SSSR count). The fraction of sp³-hybridized carbons (Fsp3) is 0.235. The zero-order valence-corrected chi connectivity index (χ0v) is 12.2. The zero-order valence-electron chi connectivity index (χ0n) is 12.2. The standard InChI is InChI=1S/C17H18N2O2/c1-12(17(20)21)13-3-5-14(6-4-13)15-7-8-19-11-18(2)10-16(19)9-15/h3-10,12H,11H2,1-2H3,(H,20,21). The summed E-state index contributed by atoms with van der Waals surface area (Å²) in [5, 5.41) is 9.04. The Kier molecular flexibility index (Phi) is 3.29. The normalized spacial score (nSPS) is 18.2. The molecule has 0 fully saturated rings. The van der Waals surface area contributed by atoms with Crippen LogP contribution in [0.4, 0.5) is 0 Å². The van der Waals surface area contributed by atoms with Gasteiger partial charge in [0.25, 0.3) is 0 Å². The molecule has 1 aromatic rings. The van der Waals surface area contributed by atoms with Gasteiger partial charge in [-0.3, -0.25) is 4.79 Å². The van der Waals surface area contributed by atoms with Crippen molar-refractivity contribution in [1.29, 1.82) is 0 Å². The van der Waals surface area contributed by atoms with Crippen LogP contribution in [0.2, 0.25) is 0 Å². The fourth-order valence-corrected chi connectivity index (χ4v) is 2.58. The van der Waals surface area contributed by atoms with Crippen molar-refractivity contribution >= 4 is 11.5 Å². The van der Waals surface area contributed by atoms with Gasteiger partial charge in [0.2, 0.25) is 0 Å². The maximum atomic E-state index is 11.0. The number of allylic oxidation sites excluding steroid dienone is 3. The third-order valence-corrected chi connectivity index (χ3v) is 3.91. The second-order valence-corrected chi connectivity index (χ2v) is 5.52. The van der Waals surface area contributed by atoms with Crippen LogP contribution in [0.15, 0.2) is 54.5 Å². The highest BCUT2D eigenvalue weighted by Crippen LogP contribution is 2.28. The predicted molar refractivity (Wildman–Crippen MR) is 82.2 cm³/mol. The van der Waals surface area contributed by atoms with Gasteiger partial charge in [-0.25, -0.2) is 0 Å². The molecular weight excluding hydrogens is 264 g/mol. The molecule has 0 saturated heterocycles. The Balaban J connectivity index is 1.85. The number of carbonyl (C=O) groups is 1. The van der Waals surface area contributed by atoms with E-state index in [1.54, 1.807) is 6.92 Å². The lowest BCUT2D eigenvalue weighted by Crippen LogP contribution is -2.20. The molecule has 2 heterocycles. The maximum Gasteiger partial charge on any atom is 0.310 e. The zero-order chi connectivity index (χ0) is 15.0. The van der Waals surface area contributed by atoms with Crippen molar-refractivity contribution in [2.45, 2.75) is 12.8 Å². The number of carboxylic acids is 1. The van der Waals surface area contributed by atoms with E-state index in [-0.39, 0.29) is 0 Å². The Bertz CT molecular complexity index is 656. The van der Waals surface area contributed by atoms with E-state index in [1.807, 2.05) is 24.3 Å². The monoisotopic (exact) mass is 282 g/mol. The van der Waals surface area contributed by atoms with E-state index in [2.05, 4.69) is 41.4 Å². The molecule has 0 amide bonds. The lowest BCUT2D eigenvalue weighted by Gasteiger charge is -2.20. The van der Waals surface area contributed by atoms with Crippen LogP contribution in [-0.2, 0) is 4.79 Å². The number of rotatable bonds is 3. The number of benzene rings is 1. The Morgan fingerprint density at radius 1 is 1.29 bits per heavy atom. The topological polar surface area (TPSA) is 43.8 Å². The molecule has 0 aliphatic carbocycles. The van der Waals surface area contributed by atoms with Crippen molar-refractivity contribution in [3.8, 4) is 0 Å². The number of carboxylic acid groups (broad SMARTS) is 1. The molecule has 2 aliphatic heterocycles. The van der Waals surface area contributed by atoms with E-state index in [0.29, 0.717) is 0 Å². The van der Waals surface area contributed by atoms with Crippen LogP contribution in [0.3, 0.4) is 0 Å². The molecule has 0 spiro atoms. The highest BCUT2D eigenvalue weighted by atomic mass is 16.4. The summed E-state index contributed by atoms with van der Waals surface area (Å²) in [6.45, 7) is 2.58. The Labute approximate surface area is 124 Å². The summed E-state index contributed by atoms with van der Waals surface area (Å²) in [4.78, 5) is 15.3. The second-order valence-electron chi connectivity index (χ2n) is 5.52. The molecular formula is C17H18N2O2. The first-order valence-electron chi connectivity index (χ1n) is 6.96. The van der Waals surface area contributed by atoms with Crippen LogP contribution in [0, 0.1) is 0 Å². The molecule has 4 nitrogen and oxygen atoms in total. The summed E-state index contributed by atoms with van der Waals surface area (Å²) in [5.74, 6) is -1.27. The van der Waals surface area contributed by atoms with Crippen molar-refractivity contribution in [2.75, 3.05) is 13.7 Å². The largest absolute Gasteiger partial charge is 0.481 e. The van der Waals surface area contributed by atoms with Crippen LogP contribution in [0.5, 0.6) is 0 Å². The minimum Gasteiger partial charge on any atom is -0.481 e. The van der Waals surface area contributed by atoms with Gasteiger partial charge in [0.1, 0.15) is 0 Å². The molecule has 2 aliphatic rings. The summed E-state index contributed by atoms with van der Waals surface area (Å²) < 4.78 is 0. The van der Waals surface area contributed by atoms with E-state index in [4.69, 9.17) is 5.11 Å². The Morgan fingerprint density at radius 2 is 2.00 bits per heavy atom. The van der Waals surface area contributed by atoms with Crippen LogP contribution in [-0.4, -0.2) is 34.6 Å². The predicted octanol–water partition coefficient (Wildman–Crippen LogP) is 2.83. The number of hydrogen-bond acceptors (Lipinski definition) is 3. The molecule has 0 bridgehead atoms. The molecule has 1 unspecified atom stereocenters. The quantitative estimate of drug-likeness (QED) is 0.926. The van der Waals surface area contributed by atoms with Gasteiger partial charge >= 0.3 is 5.97 Å². The van der Waals surface area contributed by atoms with E-state index < -0.39 is 11.9 Å². The van der Waals surface area contributed by atoms with E-state index in [9.17, 15) is 4.79 Å². The van der Waals surface area contributed by atoms with Crippen LogP contribution in [0.25, 0.3) is 5.57 Å². The third kappa shape index (κ3) is 2.57. The molecule has 4 heteroatoms. The summed E-state index contributed by atoms with van der Waals surface area (Å²) >= 11 is 0. The number of aliphatic carboxylic acids is 1. The van der Waals surface area contributed by atoms with Crippen molar-refractivity contribution in [2.24, 2.45) is 0 Å². The summed E-state index contributed by atoms with van der Waals surface area (Å²) in [6, 6.07) is 7.76. The first-order valence-corrected chi connectivity index (χ1v) is 6.96. The second kappa shape index (κ2) is 5.13. The van der Waals surface area contributed by atoms with Gasteiger partial charge in [-0.1, -0.05) is 24.3 Å². The van der Waals surface area contributed by atoms with Crippen molar-refractivity contribution < 1.29 is 9.90 Å². The number of nitrogens with zero attached hydrogens (tertiary/aromatic N) is 2. The van der Waals surface area contributed by atoms with Crippen molar-refractivity contribution in [3.63, 3.8) is 0 Å². The number of fused-ring (bicyclic) bond motifs is 1. The van der Waals surface area contributed by atoms with E-state index in [1.165, 1.54) is 5.70 Å². The summed E-state index contributed by atoms with van der Waals surface area (Å²) in [5.41, 5.74) is 4.25. The van der Waals surface area contributed by atoms with Gasteiger partial charge in [0, 0.05) is 19.4 Å². The molecule has 0 radical (unpaired) electrons. The fourth-order valence-electron chi connectivity index (χ4n) is 2.58. The van der Waals surface area contributed by atoms with Gasteiger partial charge < -0.3 is 14.9 Å². The highest BCUT2D eigenvalue weighted by molar-refractivity contribution is 5.79. The lowest BCUT2D eigenvalue weighted by atomic mass is 9.96. The first kappa shape index (κ1) is 13.5. The highest BCUT2D eigenvalue weighted by Gasteiger charge is 2.18. The smallest absolute Gasteiger partial charge is 0.310 e. The molecule has 1 N–H and O–H groups in total. The maximum absolute atomic E-state index is 11.0. The molecule has 1 aromatic carbocycles. The minimum atomic E-state index is -0.797. The average molecular weight is 282 g/mol. The van der Waals surface area contributed by atoms with Gasteiger partial charge in [-0.05, 0) is 35.8 Å². The molecule has 0 saturated carbocycles. The van der Waals surface area contributed by atoms with Crippen molar-refractivity contribution in [1.82, 2.24) is 9.80 Å². The van der Waals surface area contributed by atoms with Gasteiger partial charge in [-0.2, -0.15) is 0 Å². The number of hydrogen-bond donors (Lipinski definition) is 1. The van der Waals surface area contributed by atoms with Crippen LogP contribution >= 0.6 is 0 Å². The van der Waals surface area contributed by atoms with Crippen molar-refractivity contribution in [3.05, 3.63) is 65.6 Å². The minimum absolute atomic E-state index is 0.475. The van der Waals surface area contributed by atoms with Crippen LogP contribution in [0.1, 0.15) is 24.0 Å². The molecule has 0 aromatic heterocycles. The van der Waals surface area contributed by atoms with Gasteiger partial charge in [0.15, 0.2) is 0 Å². The Morgan fingerprint density at radius 3 is 2.67 bits per heavy atom. The lowest BCUT2D eigenvalue weighted by molar-refractivity contribution is -0.138. The van der Waals surface area contributed by atoms with Gasteiger partial charge in [-0.15, -0.1) is 0 Å². The molecule has 108 valence electrons. The Hall–Kier alpha value is -2.49. The SMILES string of the molecule is CC(C(=O)O)c1ccc(C2=CC3=CN(C)CN3C=C2)cc1. The summed E-state index contributed by atoms with van der Waals surface area (Å²) in [6.07, 6.45) is 8.44. The third-order valence-electron chi connectivity index (χ3n) is 3.91. The van der Waals surface area contributed by atoms with E-state index in [0.717, 1.165) is 23.4 Å². The van der Waals surface area contributed by atoms with Gasteiger partial charge in [0.05, 0.1) is 18.3 Å².